The maximum Gasteiger partial charge on any atom is 0.270 e. The first-order valence-corrected chi connectivity index (χ1v) is 11.4. The minimum Gasteiger partial charge on any atom is -0.381 e. The van der Waals surface area contributed by atoms with Crippen molar-refractivity contribution >= 4 is 11.6 Å². The van der Waals surface area contributed by atoms with Crippen LogP contribution in [0.2, 0.25) is 0 Å². The van der Waals surface area contributed by atoms with Gasteiger partial charge < -0.3 is 20.1 Å². The lowest BCUT2D eigenvalue weighted by Gasteiger charge is -2.20. The van der Waals surface area contributed by atoms with Crippen LogP contribution in [0.4, 0.5) is 27.6 Å². The monoisotopic (exact) mass is 496 g/mol. The van der Waals surface area contributed by atoms with Crippen LogP contribution in [0, 0.1) is 17.7 Å². The standard InChI is InChI=1S/C24H25F5N4O2/c1-11(12-4-3-5-13(20(12)25)22(26)27)30-23(35)16-10-33(18-7-24(18,28)29)19(34)6-17(16)31-21-14-8-32(2)9-15(14)21/h3-6,10-11,14-15,18,21-22,31H,7-9H2,1-2H3,(H,30,35)/t11-,14-,15+,18-,21+/m1/s1. The number of rotatable bonds is 7. The Balaban J connectivity index is 1.43. The molecular weight excluding hydrogens is 471 g/mol. The second-order valence-electron chi connectivity index (χ2n) is 9.79. The zero-order valence-corrected chi connectivity index (χ0v) is 19.1. The molecule has 1 aromatic carbocycles. The van der Waals surface area contributed by atoms with Crippen molar-refractivity contribution < 1.29 is 26.7 Å². The third-order valence-corrected chi connectivity index (χ3v) is 7.26. The molecule has 5 rings (SSSR count). The van der Waals surface area contributed by atoms with Crippen LogP contribution in [-0.4, -0.2) is 47.5 Å². The van der Waals surface area contributed by atoms with Crippen molar-refractivity contribution in [2.75, 3.05) is 25.5 Å². The SMILES string of the molecule is C[C@@H](NC(=O)c1cn([C@@H]2CC2(F)F)c(=O)cc1N[C@H]1[C@@H]2CN(C)C[C@@H]21)c1cccc(C(F)F)c1F. The number of amides is 1. The molecule has 1 amide bonds. The van der Waals surface area contributed by atoms with Crippen LogP contribution in [-0.2, 0) is 0 Å². The smallest absolute Gasteiger partial charge is 0.270 e. The van der Waals surface area contributed by atoms with Crippen molar-refractivity contribution in [2.24, 2.45) is 11.8 Å². The highest BCUT2D eigenvalue weighted by molar-refractivity contribution is 5.99. The van der Waals surface area contributed by atoms with E-state index >= 15 is 0 Å². The van der Waals surface area contributed by atoms with Gasteiger partial charge in [0.15, 0.2) is 0 Å². The summed E-state index contributed by atoms with van der Waals surface area (Å²) in [5.74, 6) is -4.17. The van der Waals surface area contributed by atoms with E-state index in [1.54, 1.807) is 0 Å². The molecule has 0 bridgehead atoms. The number of pyridine rings is 1. The number of nitrogens with one attached hydrogen (secondary N) is 2. The Labute approximate surface area is 198 Å². The molecule has 3 aliphatic rings. The highest BCUT2D eigenvalue weighted by Crippen LogP contribution is 2.52. The number of carbonyl (C=O) groups excluding carboxylic acids is 1. The van der Waals surface area contributed by atoms with Gasteiger partial charge in [-0.15, -0.1) is 0 Å². The lowest BCUT2D eigenvalue weighted by atomic mass is 10.0. The van der Waals surface area contributed by atoms with Crippen LogP contribution in [0.25, 0.3) is 0 Å². The molecule has 2 aliphatic carbocycles. The molecule has 2 heterocycles. The van der Waals surface area contributed by atoms with E-state index in [0.29, 0.717) is 11.8 Å². The molecule has 1 aromatic heterocycles. The molecule has 5 atom stereocenters. The highest BCUT2D eigenvalue weighted by atomic mass is 19.3. The van der Waals surface area contributed by atoms with Crippen molar-refractivity contribution in [3.05, 3.63) is 63.3 Å². The number of benzene rings is 1. The summed E-state index contributed by atoms with van der Waals surface area (Å²) in [7, 11) is 2.00. The first-order chi connectivity index (χ1) is 16.5. The van der Waals surface area contributed by atoms with Crippen LogP contribution in [0.1, 0.15) is 53.3 Å². The second kappa shape index (κ2) is 8.32. The lowest BCUT2D eigenvalue weighted by molar-refractivity contribution is 0.0930. The molecule has 6 nitrogen and oxygen atoms in total. The topological polar surface area (TPSA) is 66.4 Å². The number of fused-ring (bicyclic) bond motifs is 1. The molecule has 2 saturated carbocycles. The molecule has 1 saturated heterocycles. The maximum absolute atomic E-state index is 14.6. The minimum absolute atomic E-state index is 0.0390. The summed E-state index contributed by atoms with van der Waals surface area (Å²) < 4.78 is 69.0. The van der Waals surface area contributed by atoms with Crippen LogP contribution >= 0.6 is 0 Å². The summed E-state index contributed by atoms with van der Waals surface area (Å²) >= 11 is 0. The van der Waals surface area contributed by atoms with Crippen LogP contribution in [0.3, 0.4) is 0 Å². The molecule has 3 fully saturated rings. The van der Waals surface area contributed by atoms with E-state index in [1.165, 1.54) is 19.1 Å². The Morgan fingerprint density at radius 1 is 1.17 bits per heavy atom. The third-order valence-electron chi connectivity index (χ3n) is 7.26. The van der Waals surface area contributed by atoms with Gasteiger partial charge >= 0.3 is 0 Å². The molecule has 0 spiro atoms. The fourth-order valence-electron chi connectivity index (χ4n) is 5.15. The molecule has 1 aliphatic heterocycles. The van der Waals surface area contributed by atoms with Gasteiger partial charge in [0.2, 0.25) is 0 Å². The van der Waals surface area contributed by atoms with Gasteiger partial charge in [0.1, 0.15) is 11.9 Å². The predicted octanol–water partition coefficient (Wildman–Crippen LogP) is 3.97. The highest BCUT2D eigenvalue weighted by Gasteiger charge is 2.59. The largest absolute Gasteiger partial charge is 0.381 e. The lowest BCUT2D eigenvalue weighted by Crippen LogP contribution is -2.32. The van der Waals surface area contributed by atoms with Crippen molar-refractivity contribution in [1.29, 1.82) is 0 Å². The zero-order chi connectivity index (χ0) is 25.2. The number of nitrogens with zero attached hydrogens (tertiary/aromatic N) is 2. The fourth-order valence-corrected chi connectivity index (χ4v) is 5.15. The Morgan fingerprint density at radius 3 is 2.40 bits per heavy atom. The van der Waals surface area contributed by atoms with Gasteiger partial charge in [0.05, 0.1) is 22.9 Å². The molecule has 35 heavy (non-hydrogen) atoms. The number of carbonyl (C=O) groups is 1. The Morgan fingerprint density at radius 2 is 1.80 bits per heavy atom. The molecule has 2 N–H and O–H groups in total. The van der Waals surface area contributed by atoms with Crippen molar-refractivity contribution in [3.63, 3.8) is 0 Å². The summed E-state index contributed by atoms with van der Waals surface area (Å²) in [6, 6.07) is 2.40. The van der Waals surface area contributed by atoms with Crippen LogP contribution in [0.5, 0.6) is 0 Å². The average Bonchev–Trinajstić information content (AvgIpc) is 3.54. The third kappa shape index (κ3) is 4.30. The van der Waals surface area contributed by atoms with Gasteiger partial charge in [-0.2, -0.15) is 0 Å². The minimum atomic E-state index is -3.03. The van der Waals surface area contributed by atoms with Crippen LogP contribution < -0.4 is 16.2 Å². The second-order valence-corrected chi connectivity index (χ2v) is 9.79. The summed E-state index contributed by atoms with van der Waals surface area (Å²) in [6.45, 7) is 3.17. The molecule has 0 radical (unpaired) electrons. The number of hydrogen-bond donors (Lipinski definition) is 2. The molecule has 2 aromatic rings. The van der Waals surface area contributed by atoms with E-state index in [4.69, 9.17) is 0 Å². The first-order valence-electron chi connectivity index (χ1n) is 11.4. The number of halogens is 5. The van der Waals surface area contributed by atoms with Crippen molar-refractivity contribution in [1.82, 2.24) is 14.8 Å². The average molecular weight is 496 g/mol. The van der Waals surface area contributed by atoms with E-state index in [9.17, 15) is 31.5 Å². The first kappa shape index (κ1) is 23.8. The number of alkyl halides is 4. The van der Waals surface area contributed by atoms with Gasteiger partial charge in [-0.3, -0.25) is 9.59 Å². The van der Waals surface area contributed by atoms with Gasteiger partial charge in [-0.1, -0.05) is 18.2 Å². The van der Waals surface area contributed by atoms with Crippen molar-refractivity contribution in [2.45, 2.75) is 43.8 Å². The molecule has 0 unspecified atom stereocenters. The van der Waals surface area contributed by atoms with Gasteiger partial charge in [-0.05, 0) is 25.8 Å². The van der Waals surface area contributed by atoms with Gasteiger partial charge in [0.25, 0.3) is 23.8 Å². The Kier molecular flexibility index (Phi) is 5.65. The van der Waals surface area contributed by atoms with Gasteiger partial charge in [0, 0.05) is 43.4 Å². The van der Waals surface area contributed by atoms with Gasteiger partial charge in [-0.25, -0.2) is 22.0 Å². The molecular formula is C24H25F5N4O2. The Bertz CT molecular complexity index is 1220. The maximum atomic E-state index is 14.6. The predicted molar refractivity (Wildman–Crippen MR) is 118 cm³/mol. The number of likely N-dealkylation sites (tertiary alicyclic amines) is 1. The normalized spacial score (nSPS) is 27.4. The van der Waals surface area contributed by atoms with Crippen molar-refractivity contribution in [3.8, 4) is 0 Å². The van der Waals surface area contributed by atoms with E-state index in [1.807, 2.05) is 7.05 Å². The van der Waals surface area contributed by atoms with E-state index in [2.05, 4.69) is 15.5 Å². The number of anilines is 1. The zero-order valence-electron chi connectivity index (χ0n) is 19.1. The number of hydrogen-bond acceptors (Lipinski definition) is 4. The van der Waals surface area contributed by atoms with E-state index in [-0.39, 0.29) is 22.9 Å². The quantitative estimate of drug-likeness (QED) is 0.570. The number of aromatic nitrogens is 1. The summed E-state index contributed by atoms with van der Waals surface area (Å²) in [5, 5.41) is 5.79. The number of piperidine rings is 1. The molecule has 11 heteroatoms. The fraction of sp³-hybridized carbons (Fsp3) is 0.500. The summed E-state index contributed by atoms with van der Waals surface area (Å²) in [5.41, 5.74) is -1.39. The van der Waals surface area contributed by atoms with E-state index < -0.39 is 53.7 Å². The summed E-state index contributed by atoms with van der Waals surface area (Å²) in [4.78, 5) is 28.0. The van der Waals surface area contributed by atoms with E-state index in [0.717, 1.165) is 36.0 Å². The summed E-state index contributed by atoms with van der Waals surface area (Å²) in [6.07, 6.45) is -2.41. The van der Waals surface area contributed by atoms with Crippen LogP contribution in [0.15, 0.2) is 35.3 Å². The molecule has 188 valence electrons. The Hall–Kier alpha value is -2.95.